The van der Waals surface area contributed by atoms with Gasteiger partial charge in [0.25, 0.3) is 0 Å². The molecule has 1 rings (SSSR count). The SMILES string of the molecule is CCOC(=O)c1ccc(OC(F)F)c(CBr)c1C#N. The Morgan fingerprint density at radius 1 is 1.53 bits per heavy atom. The highest BCUT2D eigenvalue weighted by Gasteiger charge is 2.20. The van der Waals surface area contributed by atoms with Crippen LogP contribution in [0.1, 0.15) is 28.4 Å². The topological polar surface area (TPSA) is 59.3 Å². The molecule has 0 aromatic heterocycles. The van der Waals surface area contributed by atoms with Gasteiger partial charge in [-0.15, -0.1) is 0 Å². The molecule has 7 heteroatoms. The van der Waals surface area contributed by atoms with Crippen LogP contribution in [-0.4, -0.2) is 19.2 Å². The van der Waals surface area contributed by atoms with Crippen LogP contribution in [-0.2, 0) is 10.1 Å². The van der Waals surface area contributed by atoms with Gasteiger partial charge in [-0.25, -0.2) is 4.79 Å². The first kappa shape index (κ1) is 15.4. The van der Waals surface area contributed by atoms with Crippen LogP contribution in [0.25, 0.3) is 0 Å². The summed E-state index contributed by atoms with van der Waals surface area (Å²) in [6.45, 7) is -1.22. The molecule has 0 saturated heterocycles. The number of nitriles is 1. The van der Waals surface area contributed by atoms with Crippen molar-refractivity contribution in [3.63, 3.8) is 0 Å². The molecule has 0 spiro atoms. The van der Waals surface area contributed by atoms with E-state index in [2.05, 4.69) is 20.7 Å². The average molecular weight is 334 g/mol. The molecule has 0 aliphatic rings. The van der Waals surface area contributed by atoms with E-state index in [0.29, 0.717) is 0 Å². The fourth-order valence-corrected chi connectivity index (χ4v) is 2.03. The Morgan fingerprint density at radius 3 is 2.68 bits per heavy atom. The Kier molecular flexibility index (Phi) is 5.70. The molecule has 102 valence electrons. The van der Waals surface area contributed by atoms with Crippen molar-refractivity contribution in [3.05, 3.63) is 28.8 Å². The Labute approximate surface area is 117 Å². The van der Waals surface area contributed by atoms with Crippen molar-refractivity contribution < 1.29 is 23.0 Å². The summed E-state index contributed by atoms with van der Waals surface area (Å²) < 4.78 is 33.6. The van der Waals surface area contributed by atoms with Crippen molar-refractivity contribution in [1.29, 1.82) is 5.26 Å². The summed E-state index contributed by atoms with van der Waals surface area (Å²) in [7, 11) is 0. The summed E-state index contributed by atoms with van der Waals surface area (Å²) in [6.07, 6.45) is 0. The number of benzene rings is 1. The standard InChI is InChI=1S/C12H10BrF2NO3/c1-2-18-11(17)7-3-4-10(19-12(14)15)8(5-13)9(7)6-16/h3-4,12H,2,5H2,1H3. The van der Waals surface area contributed by atoms with Crippen molar-refractivity contribution in [1.82, 2.24) is 0 Å². The molecule has 0 atom stereocenters. The number of nitrogens with zero attached hydrogens (tertiary/aromatic N) is 1. The van der Waals surface area contributed by atoms with Gasteiger partial charge in [-0.1, -0.05) is 15.9 Å². The number of carbonyl (C=O) groups is 1. The predicted octanol–water partition coefficient (Wildman–Crippen LogP) is 3.23. The van der Waals surface area contributed by atoms with E-state index in [9.17, 15) is 13.6 Å². The zero-order valence-electron chi connectivity index (χ0n) is 9.95. The second kappa shape index (κ2) is 7.04. The van der Waals surface area contributed by atoms with Crippen molar-refractivity contribution in [2.24, 2.45) is 0 Å². The van der Waals surface area contributed by atoms with Crippen molar-refractivity contribution in [2.75, 3.05) is 6.61 Å². The lowest BCUT2D eigenvalue weighted by Gasteiger charge is -2.13. The number of halogens is 3. The van der Waals surface area contributed by atoms with E-state index in [4.69, 9.17) is 10.00 Å². The number of carbonyl (C=O) groups excluding carboxylic acids is 1. The van der Waals surface area contributed by atoms with Gasteiger partial charge in [0.2, 0.25) is 0 Å². The molecular weight excluding hydrogens is 324 g/mol. The van der Waals surface area contributed by atoms with Crippen LogP contribution in [0.2, 0.25) is 0 Å². The smallest absolute Gasteiger partial charge is 0.387 e. The lowest BCUT2D eigenvalue weighted by Crippen LogP contribution is -2.11. The number of hydrogen-bond donors (Lipinski definition) is 0. The van der Waals surface area contributed by atoms with Gasteiger partial charge < -0.3 is 9.47 Å². The van der Waals surface area contributed by atoms with Crippen LogP contribution in [0, 0.1) is 11.3 Å². The Bertz CT molecular complexity index is 514. The third-order valence-corrected chi connectivity index (χ3v) is 2.79. The van der Waals surface area contributed by atoms with Gasteiger partial charge in [0.1, 0.15) is 11.8 Å². The molecule has 1 aromatic rings. The molecule has 0 aliphatic heterocycles. The minimum atomic E-state index is -3.00. The molecule has 0 amide bonds. The van der Waals surface area contributed by atoms with E-state index >= 15 is 0 Å². The van der Waals surface area contributed by atoms with E-state index < -0.39 is 12.6 Å². The van der Waals surface area contributed by atoms with Crippen LogP contribution in [0.5, 0.6) is 5.75 Å². The average Bonchev–Trinajstić information content (AvgIpc) is 2.37. The normalized spacial score (nSPS) is 10.1. The number of esters is 1. The number of alkyl halides is 3. The molecule has 19 heavy (non-hydrogen) atoms. The van der Waals surface area contributed by atoms with Gasteiger partial charge in [-0.05, 0) is 19.1 Å². The first-order valence-corrected chi connectivity index (χ1v) is 6.41. The van der Waals surface area contributed by atoms with E-state index in [0.717, 1.165) is 0 Å². The number of ether oxygens (including phenoxy) is 2. The molecule has 0 fully saturated rings. The molecule has 0 bridgehead atoms. The maximum atomic E-state index is 12.2. The van der Waals surface area contributed by atoms with Crippen molar-refractivity contribution >= 4 is 21.9 Å². The molecule has 0 N–H and O–H groups in total. The molecule has 1 aromatic carbocycles. The van der Waals surface area contributed by atoms with Crippen LogP contribution >= 0.6 is 15.9 Å². The second-order valence-electron chi connectivity index (χ2n) is 3.31. The Morgan fingerprint density at radius 2 is 2.21 bits per heavy atom. The molecule has 0 aliphatic carbocycles. The summed E-state index contributed by atoms with van der Waals surface area (Å²) >= 11 is 3.08. The summed E-state index contributed by atoms with van der Waals surface area (Å²) in [5, 5.41) is 9.19. The Hall–Kier alpha value is -1.68. The summed E-state index contributed by atoms with van der Waals surface area (Å²) in [5.41, 5.74) is 0.183. The van der Waals surface area contributed by atoms with Crippen LogP contribution in [0.3, 0.4) is 0 Å². The van der Waals surface area contributed by atoms with Crippen molar-refractivity contribution in [2.45, 2.75) is 18.9 Å². The van der Waals surface area contributed by atoms with Crippen molar-refractivity contribution in [3.8, 4) is 11.8 Å². The maximum absolute atomic E-state index is 12.2. The van der Waals surface area contributed by atoms with E-state index in [1.807, 2.05) is 6.07 Å². The Balaban J connectivity index is 3.31. The van der Waals surface area contributed by atoms with Gasteiger partial charge >= 0.3 is 12.6 Å². The number of hydrogen-bond acceptors (Lipinski definition) is 4. The van der Waals surface area contributed by atoms with Gasteiger partial charge in [0.15, 0.2) is 0 Å². The fourth-order valence-electron chi connectivity index (χ4n) is 1.47. The predicted molar refractivity (Wildman–Crippen MR) is 66.4 cm³/mol. The van der Waals surface area contributed by atoms with Gasteiger partial charge in [0, 0.05) is 10.9 Å². The molecule has 0 saturated carbocycles. The lowest BCUT2D eigenvalue weighted by atomic mass is 10.0. The monoisotopic (exact) mass is 333 g/mol. The molecule has 0 radical (unpaired) electrons. The zero-order chi connectivity index (χ0) is 14.4. The highest BCUT2D eigenvalue weighted by molar-refractivity contribution is 9.08. The van der Waals surface area contributed by atoms with Gasteiger partial charge in [0.05, 0.1) is 17.7 Å². The molecule has 0 unspecified atom stereocenters. The molecule has 0 heterocycles. The van der Waals surface area contributed by atoms with E-state index in [1.54, 1.807) is 6.92 Å². The quantitative estimate of drug-likeness (QED) is 0.613. The van der Waals surface area contributed by atoms with Crippen LogP contribution < -0.4 is 4.74 Å². The molecule has 4 nitrogen and oxygen atoms in total. The van der Waals surface area contributed by atoms with Gasteiger partial charge in [-0.2, -0.15) is 14.0 Å². The first-order valence-electron chi connectivity index (χ1n) is 5.29. The highest BCUT2D eigenvalue weighted by atomic mass is 79.9. The molecular formula is C12H10BrF2NO3. The van der Waals surface area contributed by atoms with Gasteiger partial charge in [-0.3, -0.25) is 0 Å². The van der Waals surface area contributed by atoms with E-state index in [1.165, 1.54) is 12.1 Å². The van der Waals surface area contributed by atoms with E-state index in [-0.39, 0.29) is 34.4 Å². The van der Waals surface area contributed by atoms with Crippen LogP contribution in [0.15, 0.2) is 12.1 Å². The summed E-state index contributed by atoms with van der Waals surface area (Å²) in [4.78, 5) is 11.6. The zero-order valence-corrected chi connectivity index (χ0v) is 11.5. The lowest BCUT2D eigenvalue weighted by molar-refractivity contribution is -0.0503. The second-order valence-corrected chi connectivity index (χ2v) is 3.87. The highest BCUT2D eigenvalue weighted by Crippen LogP contribution is 2.29. The third-order valence-electron chi connectivity index (χ3n) is 2.23. The minimum absolute atomic E-state index is 0.0282. The maximum Gasteiger partial charge on any atom is 0.387 e. The fraction of sp³-hybridized carbons (Fsp3) is 0.333. The summed E-state index contributed by atoms with van der Waals surface area (Å²) in [6, 6.07) is 4.27. The minimum Gasteiger partial charge on any atom is -0.462 e. The first-order chi connectivity index (χ1) is 9.04. The third kappa shape index (κ3) is 3.64. The van der Waals surface area contributed by atoms with Crippen LogP contribution in [0.4, 0.5) is 8.78 Å². The summed E-state index contributed by atoms with van der Waals surface area (Å²) in [5.74, 6) is -0.818. The largest absolute Gasteiger partial charge is 0.462 e. The number of rotatable bonds is 5.